The topological polar surface area (TPSA) is 84.4 Å². The zero-order valence-corrected chi connectivity index (χ0v) is 17.7. The minimum absolute atomic E-state index is 0.207. The van der Waals surface area contributed by atoms with E-state index in [1.807, 2.05) is 42.5 Å². The van der Waals surface area contributed by atoms with E-state index >= 15 is 0 Å². The van der Waals surface area contributed by atoms with E-state index in [9.17, 15) is 4.79 Å². The lowest BCUT2D eigenvalue weighted by atomic mass is 10.1. The number of aliphatic imine (C=N–C) groups is 1. The summed E-state index contributed by atoms with van der Waals surface area (Å²) >= 11 is 0. The van der Waals surface area contributed by atoms with E-state index in [0.29, 0.717) is 29.6 Å². The summed E-state index contributed by atoms with van der Waals surface area (Å²) in [6.45, 7) is 6.95. The number of hydrogen-bond acceptors (Lipinski definition) is 6. The lowest BCUT2D eigenvalue weighted by Crippen LogP contribution is -2.39. The summed E-state index contributed by atoms with van der Waals surface area (Å²) in [6.07, 6.45) is 0.932. The van der Waals surface area contributed by atoms with Gasteiger partial charge in [0, 0.05) is 37.0 Å². The van der Waals surface area contributed by atoms with E-state index in [-0.39, 0.29) is 12.7 Å². The lowest BCUT2D eigenvalue weighted by molar-refractivity contribution is 0.0394. The van der Waals surface area contributed by atoms with E-state index in [4.69, 9.17) is 14.2 Å². The molecule has 0 unspecified atom stereocenters. The Labute approximate surface area is 182 Å². The number of anilines is 1. The first-order valence-corrected chi connectivity index (χ1v) is 10.6. The number of fused-ring (bicyclic) bond motifs is 1. The fourth-order valence-corrected chi connectivity index (χ4v) is 3.42. The van der Waals surface area contributed by atoms with Crippen molar-refractivity contribution in [3.8, 4) is 11.5 Å². The molecule has 2 aromatic rings. The number of aryl methyl sites for hydroxylation is 1. The number of carbonyl (C=O) groups is 1. The molecule has 2 N–H and O–H groups in total. The highest BCUT2D eigenvalue weighted by Crippen LogP contribution is 2.34. The molecule has 8 heteroatoms. The maximum Gasteiger partial charge on any atom is 0.257 e. The second-order valence-electron chi connectivity index (χ2n) is 7.38. The molecule has 2 aromatic carbocycles. The Morgan fingerprint density at radius 2 is 1.84 bits per heavy atom. The highest BCUT2D eigenvalue weighted by molar-refractivity contribution is 6.10. The first kappa shape index (κ1) is 21.1. The molecule has 2 aliphatic heterocycles. The first-order chi connectivity index (χ1) is 15.2. The van der Waals surface area contributed by atoms with E-state index in [0.717, 1.165) is 45.0 Å². The minimum Gasteiger partial charge on any atom is -0.454 e. The van der Waals surface area contributed by atoms with Crippen LogP contribution in [0.25, 0.3) is 0 Å². The van der Waals surface area contributed by atoms with Crippen LogP contribution in [0.1, 0.15) is 22.8 Å². The van der Waals surface area contributed by atoms with Crippen LogP contribution in [-0.4, -0.2) is 63.0 Å². The van der Waals surface area contributed by atoms with E-state index in [2.05, 4.69) is 27.4 Å². The van der Waals surface area contributed by atoms with Crippen molar-refractivity contribution in [3.63, 3.8) is 0 Å². The normalized spacial score (nSPS) is 16.2. The average Bonchev–Trinajstić information content (AvgIpc) is 3.27. The Bertz CT molecular complexity index is 924. The minimum atomic E-state index is -0.207. The standard InChI is InChI=1S/C23H28N4O4/c1-2-17-3-5-18(6-4-17)22(28)26-23(24-9-10-27-11-13-29-14-12-27)25-19-7-8-20-21(15-19)31-16-30-20/h3-8,15H,2,9-14,16H2,1H3,(H2,24,25,26,28). The molecule has 0 spiro atoms. The van der Waals surface area contributed by atoms with Crippen LogP contribution in [0.5, 0.6) is 11.5 Å². The monoisotopic (exact) mass is 424 g/mol. The van der Waals surface area contributed by atoms with Gasteiger partial charge in [-0.3, -0.25) is 20.0 Å². The molecule has 1 amide bonds. The molecule has 0 bridgehead atoms. The van der Waals surface area contributed by atoms with Crippen LogP contribution in [0.3, 0.4) is 0 Å². The molecule has 0 aliphatic carbocycles. The summed E-state index contributed by atoms with van der Waals surface area (Å²) in [5.74, 6) is 1.56. The molecule has 0 saturated carbocycles. The Hall–Kier alpha value is -3.10. The predicted octanol–water partition coefficient (Wildman–Crippen LogP) is 2.51. The summed E-state index contributed by atoms with van der Waals surface area (Å²) in [6, 6.07) is 13.1. The number of rotatable bonds is 6. The fourth-order valence-electron chi connectivity index (χ4n) is 3.42. The van der Waals surface area contributed by atoms with Gasteiger partial charge >= 0.3 is 0 Å². The number of carbonyl (C=O) groups excluding carboxylic acids is 1. The van der Waals surface area contributed by atoms with Crippen LogP contribution in [0.4, 0.5) is 5.69 Å². The van der Waals surface area contributed by atoms with Crippen molar-refractivity contribution in [3.05, 3.63) is 53.6 Å². The summed E-state index contributed by atoms with van der Waals surface area (Å²) in [4.78, 5) is 19.7. The van der Waals surface area contributed by atoms with Crippen molar-refractivity contribution in [2.24, 2.45) is 4.99 Å². The number of benzene rings is 2. The zero-order chi connectivity index (χ0) is 21.5. The van der Waals surface area contributed by atoms with Gasteiger partial charge in [-0.2, -0.15) is 0 Å². The van der Waals surface area contributed by atoms with Crippen molar-refractivity contribution in [1.29, 1.82) is 0 Å². The maximum absolute atomic E-state index is 12.8. The first-order valence-electron chi connectivity index (χ1n) is 10.6. The summed E-state index contributed by atoms with van der Waals surface area (Å²) < 4.78 is 16.2. The van der Waals surface area contributed by atoms with Gasteiger partial charge in [0.25, 0.3) is 5.91 Å². The van der Waals surface area contributed by atoms with Gasteiger partial charge in [0.05, 0.1) is 19.8 Å². The van der Waals surface area contributed by atoms with E-state index < -0.39 is 0 Å². The Morgan fingerprint density at radius 3 is 2.61 bits per heavy atom. The number of morpholine rings is 1. The molecule has 164 valence electrons. The number of guanidine groups is 1. The SMILES string of the molecule is CCc1ccc(C(=O)NC(=NCCN2CCOCC2)Nc2ccc3c(c2)OCO3)cc1. The highest BCUT2D eigenvalue weighted by Gasteiger charge is 2.15. The summed E-state index contributed by atoms with van der Waals surface area (Å²) in [5.41, 5.74) is 2.54. The van der Waals surface area contributed by atoms with Crippen molar-refractivity contribution in [2.75, 3.05) is 51.5 Å². The maximum atomic E-state index is 12.8. The van der Waals surface area contributed by atoms with Gasteiger partial charge in [0.1, 0.15) is 0 Å². The van der Waals surface area contributed by atoms with Crippen LogP contribution < -0.4 is 20.1 Å². The predicted molar refractivity (Wildman–Crippen MR) is 119 cm³/mol. The zero-order valence-electron chi connectivity index (χ0n) is 17.7. The van der Waals surface area contributed by atoms with Gasteiger partial charge in [-0.15, -0.1) is 0 Å². The lowest BCUT2D eigenvalue weighted by Gasteiger charge is -2.25. The van der Waals surface area contributed by atoms with Gasteiger partial charge in [0.2, 0.25) is 12.8 Å². The Morgan fingerprint density at radius 1 is 1.06 bits per heavy atom. The molecule has 2 heterocycles. The Balaban J connectivity index is 1.45. The molecule has 1 saturated heterocycles. The van der Waals surface area contributed by atoms with Gasteiger partial charge < -0.3 is 19.5 Å². The van der Waals surface area contributed by atoms with Gasteiger partial charge in [-0.1, -0.05) is 19.1 Å². The molecule has 0 radical (unpaired) electrons. The Kier molecular flexibility index (Phi) is 7.01. The van der Waals surface area contributed by atoms with Crippen molar-refractivity contribution >= 4 is 17.6 Å². The molecular weight excluding hydrogens is 396 g/mol. The van der Waals surface area contributed by atoms with Gasteiger partial charge in [0.15, 0.2) is 11.5 Å². The van der Waals surface area contributed by atoms with Gasteiger partial charge in [-0.05, 0) is 36.2 Å². The molecule has 0 aromatic heterocycles. The van der Waals surface area contributed by atoms with E-state index in [1.54, 1.807) is 0 Å². The molecule has 4 rings (SSSR count). The quantitative estimate of drug-likeness (QED) is 0.548. The summed E-state index contributed by atoms with van der Waals surface area (Å²) in [5, 5.41) is 6.12. The number of hydrogen-bond donors (Lipinski definition) is 2. The van der Waals surface area contributed by atoms with Crippen molar-refractivity contribution < 1.29 is 19.0 Å². The summed E-state index contributed by atoms with van der Waals surface area (Å²) in [7, 11) is 0. The average molecular weight is 425 g/mol. The van der Waals surface area contributed by atoms with Crippen LogP contribution in [0.15, 0.2) is 47.5 Å². The third-order valence-electron chi connectivity index (χ3n) is 5.28. The third-order valence-corrected chi connectivity index (χ3v) is 5.28. The van der Waals surface area contributed by atoms with E-state index in [1.165, 1.54) is 5.56 Å². The molecule has 0 atom stereocenters. The van der Waals surface area contributed by atoms with Gasteiger partial charge in [-0.25, -0.2) is 0 Å². The number of nitrogens with zero attached hydrogens (tertiary/aromatic N) is 2. The number of amides is 1. The molecule has 1 fully saturated rings. The van der Waals surface area contributed by atoms with Crippen LogP contribution in [-0.2, 0) is 11.2 Å². The third kappa shape index (κ3) is 5.74. The second kappa shape index (κ2) is 10.3. The fraction of sp³-hybridized carbons (Fsp3) is 0.391. The van der Waals surface area contributed by atoms with Crippen molar-refractivity contribution in [2.45, 2.75) is 13.3 Å². The molecule has 8 nitrogen and oxygen atoms in total. The number of nitrogens with one attached hydrogen (secondary N) is 2. The molecular formula is C23H28N4O4. The smallest absolute Gasteiger partial charge is 0.257 e. The largest absolute Gasteiger partial charge is 0.454 e. The van der Waals surface area contributed by atoms with Crippen LogP contribution in [0, 0.1) is 0 Å². The molecule has 2 aliphatic rings. The highest BCUT2D eigenvalue weighted by atomic mass is 16.7. The van der Waals surface area contributed by atoms with Crippen LogP contribution >= 0.6 is 0 Å². The number of ether oxygens (including phenoxy) is 3. The second-order valence-corrected chi connectivity index (χ2v) is 7.38. The van der Waals surface area contributed by atoms with Crippen molar-refractivity contribution in [1.82, 2.24) is 10.2 Å². The molecule has 31 heavy (non-hydrogen) atoms. The van der Waals surface area contributed by atoms with Crippen LogP contribution in [0.2, 0.25) is 0 Å².